The average Bonchev–Trinajstić information content (AvgIpc) is 3.06. The van der Waals surface area contributed by atoms with Gasteiger partial charge in [-0.1, -0.05) is 0 Å². The molecule has 4 heterocycles. The predicted octanol–water partition coefficient (Wildman–Crippen LogP) is -0.184. The molecule has 9 nitrogen and oxygen atoms in total. The minimum absolute atomic E-state index is 0.0707. The Bertz CT molecular complexity index is 919. The van der Waals surface area contributed by atoms with E-state index in [0.29, 0.717) is 29.2 Å². The van der Waals surface area contributed by atoms with Crippen LogP contribution in [0.25, 0.3) is 0 Å². The molecule has 1 fully saturated rings. The fraction of sp³-hybridized carbons (Fsp3) is 0.533. The summed E-state index contributed by atoms with van der Waals surface area (Å²) in [6.07, 6.45) is -3.40. The van der Waals surface area contributed by atoms with E-state index in [9.17, 15) is 18.7 Å². The van der Waals surface area contributed by atoms with Crippen molar-refractivity contribution < 1.29 is 18.6 Å². The molecule has 0 spiro atoms. The lowest BCUT2D eigenvalue weighted by molar-refractivity contribution is -0.140. The molecule has 5 N–H and O–H groups in total. The van der Waals surface area contributed by atoms with E-state index in [1.165, 1.54) is 17.4 Å². The number of anilines is 2. The smallest absolute Gasteiger partial charge is 0.351 e. The lowest BCUT2D eigenvalue weighted by Crippen LogP contribution is -2.44. The van der Waals surface area contributed by atoms with Gasteiger partial charge in [0.05, 0.1) is 5.69 Å². The number of hydrogen-bond donors (Lipinski definition) is 3. The van der Waals surface area contributed by atoms with Gasteiger partial charge in [-0.25, -0.2) is 9.78 Å². The highest BCUT2D eigenvalue weighted by atomic mass is 32.1. The molecule has 0 unspecified atom stereocenters. The van der Waals surface area contributed by atoms with Crippen LogP contribution in [0.15, 0.2) is 17.1 Å². The van der Waals surface area contributed by atoms with E-state index in [1.807, 2.05) is 4.90 Å². The van der Waals surface area contributed by atoms with Crippen molar-refractivity contribution >= 4 is 22.3 Å². The molecule has 4 rings (SSSR count). The zero-order valence-electron chi connectivity index (χ0n) is 14.1. The molecule has 2 aromatic heterocycles. The number of halogens is 2. The monoisotopic (exact) mass is 400 g/mol. The molecule has 2 aromatic rings. The molecule has 0 aromatic carbocycles. The fourth-order valence-corrected chi connectivity index (χ4v) is 4.24. The van der Waals surface area contributed by atoms with E-state index in [0.717, 1.165) is 16.8 Å². The highest BCUT2D eigenvalue weighted by molar-refractivity contribution is 7.15. The number of aromatic nitrogens is 3. The molecule has 27 heavy (non-hydrogen) atoms. The van der Waals surface area contributed by atoms with Crippen LogP contribution in [0.2, 0.25) is 0 Å². The highest BCUT2D eigenvalue weighted by Crippen LogP contribution is 2.42. The molecule has 146 valence electrons. The van der Waals surface area contributed by atoms with Crippen LogP contribution in [0.5, 0.6) is 0 Å². The summed E-state index contributed by atoms with van der Waals surface area (Å²) in [5, 5.41) is 10.6. The summed E-state index contributed by atoms with van der Waals surface area (Å²) in [5.74, 6) is -3.74. The van der Waals surface area contributed by atoms with Gasteiger partial charge in [0, 0.05) is 30.7 Å². The third-order valence-corrected chi connectivity index (χ3v) is 5.73. The number of thiazole rings is 1. The van der Waals surface area contributed by atoms with Gasteiger partial charge in [0.1, 0.15) is 18.0 Å². The van der Waals surface area contributed by atoms with Crippen LogP contribution in [0, 0.1) is 0 Å². The summed E-state index contributed by atoms with van der Waals surface area (Å²) in [7, 11) is 0. The summed E-state index contributed by atoms with van der Waals surface area (Å²) < 4.78 is 35.2. The van der Waals surface area contributed by atoms with Gasteiger partial charge in [0.2, 0.25) is 6.23 Å². The number of aliphatic hydroxyl groups is 1. The SMILES string of the molecule is Nc1ccn([C@@H]2O[C@H](CN3CCc4sc(N)nc4C3)[C@@H](O)C2(F)F)c(=O)n1. The maximum atomic E-state index is 14.6. The van der Waals surface area contributed by atoms with Gasteiger partial charge < -0.3 is 21.3 Å². The first-order chi connectivity index (χ1) is 12.8. The summed E-state index contributed by atoms with van der Waals surface area (Å²) >= 11 is 1.42. The number of nitrogens with zero attached hydrogens (tertiary/aromatic N) is 4. The first kappa shape index (κ1) is 18.2. The standard InChI is InChI=1S/C15H18F2N6O3S/c16-15(17)11(24)8(26-12(15)23-4-2-10(18)21-14(23)25)6-22-3-1-9-7(5-22)20-13(19)27-9/h2,4,8,11-12,24H,1,3,5-6H2,(H2,19,20)(H2,18,21,25)/t8-,11-,12-/m1/s1. The van der Waals surface area contributed by atoms with E-state index in [-0.39, 0.29) is 12.4 Å². The van der Waals surface area contributed by atoms with Gasteiger partial charge in [0.15, 0.2) is 5.13 Å². The number of nitrogen functional groups attached to an aromatic ring is 2. The minimum atomic E-state index is -3.65. The highest BCUT2D eigenvalue weighted by Gasteiger charge is 2.59. The van der Waals surface area contributed by atoms with E-state index < -0.39 is 30.0 Å². The first-order valence-electron chi connectivity index (χ1n) is 8.28. The zero-order valence-corrected chi connectivity index (χ0v) is 14.9. The van der Waals surface area contributed by atoms with Gasteiger partial charge in [-0.05, 0) is 12.5 Å². The lowest BCUT2D eigenvalue weighted by atomic mass is 10.1. The number of alkyl halides is 2. The second-order valence-corrected chi connectivity index (χ2v) is 7.71. The number of nitrogens with two attached hydrogens (primary N) is 2. The van der Waals surface area contributed by atoms with Gasteiger partial charge in [0.25, 0.3) is 0 Å². The summed E-state index contributed by atoms with van der Waals surface area (Å²) in [6, 6.07) is 1.22. The number of hydrogen-bond acceptors (Lipinski definition) is 9. The lowest BCUT2D eigenvalue weighted by Gasteiger charge is -2.29. The van der Waals surface area contributed by atoms with Gasteiger partial charge >= 0.3 is 11.6 Å². The number of ether oxygens (including phenoxy) is 1. The molecule has 3 atom stereocenters. The Morgan fingerprint density at radius 3 is 2.93 bits per heavy atom. The van der Waals surface area contributed by atoms with E-state index >= 15 is 0 Å². The van der Waals surface area contributed by atoms with Crippen LogP contribution in [0.4, 0.5) is 19.7 Å². The van der Waals surface area contributed by atoms with Crippen LogP contribution in [0.3, 0.4) is 0 Å². The first-order valence-corrected chi connectivity index (χ1v) is 9.09. The van der Waals surface area contributed by atoms with E-state index in [4.69, 9.17) is 16.2 Å². The minimum Gasteiger partial charge on any atom is -0.384 e. The number of aliphatic hydroxyl groups excluding tert-OH is 1. The van der Waals surface area contributed by atoms with Gasteiger partial charge in [-0.15, -0.1) is 11.3 Å². The maximum absolute atomic E-state index is 14.6. The third-order valence-electron chi connectivity index (χ3n) is 4.75. The van der Waals surface area contributed by atoms with Crippen LogP contribution in [0.1, 0.15) is 16.8 Å². The van der Waals surface area contributed by atoms with Crippen LogP contribution < -0.4 is 17.2 Å². The van der Waals surface area contributed by atoms with Crippen LogP contribution in [-0.2, 0) is 17.7 Å². The van der Waals surface area contributed by atoms with Gasteiger partial charge in [-0.3, -0.25) is 9.47 Å². The molecule has 0 amide bonds. The van der Waals surface area contributed by atoms with Crippen LogP contribution in [-0.4, -0.2) is 55.8 Å². The quantitative estimate of drug-likeness (QED) is 0.646. The molecular formula is C15H18F2N6O3S. The summed E-state index contributed by atoms with van der Waals surface area (Å²) in [5.41, 5.74) is 11.0. The molecule has 0 bridgehead atoms. The predicted molar refractivity (Wildman–Crippen MR) is 93.3 cm³/mol. The van der Waals surface area contributed by atoms with E-state index in [2.05, 4.69) is 9.97 Å². The van der Waals surface area contributed by atoms with Crippen molar-refractivity contribution in [3.63, 3.8) is 0 Å². The van der Waals surface area contributed by atoms with Crippen molar-refractivity contribution in [1.29, 1.82) is 0 Å². The summed E-state index contributed by atoms with van der Waals surface area (Å²) in [6.45, 7) is 1.12. The molecule has 0 saturated carbocycles. The third kappa shape index (κ3) is 3.18. The second-order valence-electron chi connectivity index (χ2n) is 6.60. The number of rotatable bonds is 3. The molecular weight excluding hydrogens is 382 g/mol. The van der Waals surface area contributed by atoms with Gasteiger partial charge in [-0.2, -0.15) is 13.8 Å². The average molecular weight is 400 g/mol. The summed E-state index contributed by atoms with van der Waals surface area (Å²) in [4.78, 5) is 22.5. The molecule has 2 aliphatic rings. The zero-order chi connectivity index (χ0) is 19.3. The Kier molecular flexibility index (Phi) is 4.37. The van der Waals surface area contributed by atoms with Crippen LogP contribution >= 0.6 is 11.3 Å². The Morgan fingerprint density at radius 2 is 2.19 bits per heavy atom. The molecule has 2 aliphatic heterocycles. The van der Waals surface area contributed by atoms with Crippen molar-refractivity contribution in [1.82, 2.24) is 19.4 Å². The van der Waals surface area contributed by atoms with Crippen molar-refractivity contribution in [2.24, 2.45) is 0 Å². The Labute approximate surface area is 156 Å². The second kappa shape index (κ2) is 6.48. The molecule has 12 heteroatoms. The molecule has 1 saturated heterocycles. The Morgan fingerprint density at radius 1 is 1.41 bits per heavy atom. The molecule has 0 aliphatic carbocycles. The Hall–Kier alpha value is -2.15. The maximum Gasteiger partial charge on any atom is 0.351 e. The fourth-order valence-electron chi connectivity index (χ4n) is 3.41. The molecule has 0 radical (unpaired) electrons. The Balaban J connectivity index is 1.52. The van der Waals surface area contributed by atoms with Crippen molar-refractivity contribution in [3.05, 3.63) is 33.3 Å². The number of fused-ring (bicyclic) bond motifs is 1. The normalized spacial score (nSPS) is 27.6. The van der Waals surface area contributed by atoms with E-state index in [1.54, 1.807) is 0 Å². The van der Waals surface area contributed by atoms with Crippen molar-refractivity contribution in [2.75, 3.05) is 24.6 Å². The largest absolute Gasteiger partial charge is 0.384 e. The topological polar surface area (TPSA) is 133 Å². The van der Waals surface area contributed by atoms with Crippen molar-refractivity contribution in [3.8, 4) is 0 Å². The van der Waals surface area contributed by atoms with Crippen molar-refractivity contribution in [2.45, 2.75) is 37.3 Å².